The van der Waals surface area contributed by atoms with Crippen LogP contribution < -0.4 is 0 Å². The quantitative estimate of drug-likeness (QED) is 0.548. The molecule has 20 heavy (non-hydrogen) atoms. The Morgan fingerprint density at radius 2 is 2.05 bits per heavy atom. The van der Waals surface area contributed by atoms with Crippen LogP contribution in [0, 0.1) is 4.19 Å². The SMILES string of the molecule is Cn1cnc2c(ncn2[C@@H]2O[C@H](CO)[C@@H](O)[C@H]2O)c1=[Se]. The van der Waals surface area contributed by atoms with Crippen LogP contribution in [0.25, 0.3) is 11.2 Å². The summed E-state index contributed by atoms with van der Waals surface area (Å²) in [5.74, 6) is 0. The Kier molecular flexibility index (Phi) is 3.49. The van der Waals surface area contributed by atoms with Gasteiger partial charge in [-0.05, 0) is 0 Å². The van der Waals surface area contributed by atoms with Gasteiger partial charge in [0, 0.05) is 0 Å². The van der Waals surface area contributed by atoms with E-state index in [0.29, 0.717) is 11.2 Å². The van der Waals surface area contributed by atoms with Crippen LogP contribution in [0.5, 0.6) is 0 Å². The second-order valence-corrected chi connectivity index (χ2v) is 5.52. The van der Waals surface area contributed by atoms with Crippen LogP contribution in [-0.2, 0) is 11.8 Å². The van der Waals surface area contributed by atoms with Gasteiger partial charge in [-0.25, -0.2) is 0 Å². The summed E-state index contributed by atoms with van der Waals surface area (Å²) in [6, 6.07) is 0. The average Bonchev–Trinajstić information content (AvgIpc) is 2.98. The second kappa shape index (κ2) is 5.03. The van der Waals surface area contributed by atoms with Gasteiger partial charge in [-0.15, -0.1) is 0 Å². The Balaban J connectivity index is 2.08. The van der Waals surface area contributed by atoms with Crippen molar-refractivity contribution in [3.63, 3.8) is 0 Å². The van der Waals surface area contributed by atoms with Crippen molar-refractivity contribution in [3.8, 4) is 0 Å². The second-order valence-electron chi connectivity index (χ2n) is 4.71. The third-order valence-electron chi connectivity index (χ3n) is 3.44. The van der Waals surface area contributed by atoms with E-state index in [2.05, 4.69) is 25.5 Å². The molecule has 0 amide bonds. The fraction of sp³-hybridized carbons (Fsp3) is 0.545. The number of aliphatic hydroxyl groups excluding tert-OH is 3. The number of rotatable bonds is 2. The molecule has 9 heteroatoms. The Morgan fingerprint density at radius 3 is 2.70 bits per heavy atom. The van der Waals surface area contributed by atoms with Crippen molar-refractivity contribution in [1.82, 2.24) is 19.1 Å². The van der Waals surface area contributed by atoms with E-state index in [4.69, 9.17) is 9.84 Å². The number of aliphatic hydroxyl groups is 3. The molecule has 0 spiro atoms. The van der Waals surface area contributed by atoms with E-state index in [1.54, 1.807) is 15.5 Å². The van der Waals surface area contributed by atoms with Crippen molar-refractivity contribution in [1.29, 1.82) is 0 Å². The number of aromatic nitrogens is 4. The van der Waals surface area contributed by atoms with E-state index in [0.717, 1.165) is 4.19 Å². The zero-order chi connectivity index (χ0) is 14.4. The predicted octanol–water partition coefficient (Wildman–Crippen LogP) is -1.92. The molecule has 108 valence electrons. The first kappa shape index (κ1) is 13.9. The van der Waals surface area contributed by atoms with Crippen LogP contribution in [-0.4, -0.2) is 74.9 Å². The molecule has 0 aliphatic carbocycles. The Morgan fingerprint density at radius 1 is 1.30 bits per heavy atom. The van der Waals surface area contributed by atoms with Crippen LogP contribution in [0.4, 0.5) is 0 Å². The van der Waals surface area contributed by atoms with E-state index < -0.39 is 24.5 Å². The fourth-order valence-corrected chi connectivity index (χ4v) is 2.69. The molecule has 0 saturated carbocycles. The number of ether oxygens (including phenoxy) is 1. The molecule has 0 unspecified atom stereocenters. The van der Waals surface area contributed by atoms with Crippen molar-refractivity contribution in [3.05, 3.63) is 16.8 Å². The third kappa shape index (κ3) is 1.95. The molecular weight excluding hydrogens is 331 g/mol. The fourth-order valence-electron chi connectivity index (χ4n) is 2.29. The molecule has 1 aliphatic rings. The molecule has 3 rings (SSSR count). The minimum atomic E-state index is -1.15. The molecule has 3 heterocycles. The first-order valence-corrected chi connectivity index (χ1v) is 6.91. The Hall–Kier alpha value is -1.09. The molecule has 8 nitrogen and oxygen atoms in total. The normalized spacial score (nSPS) is 30.2. The van der Waals surface area contributed by atoms with Gasteiger partial charge < -0.3 is 0 Å². The summed E-state index contributed by atoms with van der Waals surface area (Å²) in [5, 5.41) is 29.0. The van der Waals surface area contributed by atoms with E-state index in [-0.39, 0.29) is 6.61 Å². The van der Waals surface area contributed by atoms with Crippen molar-refractivity contribution >= 4 is 26.7 Å². The zero-order valence-electron chi connectivity index (χ0n) is 10.6. The molecule has 0 aromatic carbocycles. The molecule has 1 fully saturated rings. The third-order valence-corrected chi connectivity index (χ3v) is 4.44. The summed E-state index contributed by atoms with van der Waals surface area (Å²) >= 11 is 2.91. The van der Waals surface area contributed by atoms with Crippen LogP contribution in [0.1, 0.15) is 6.23 Å². The van der Waals surface area contributed by atoms with Crippen molar-refractivity contribution in [2.75, 3.05) is 6.61 Å². The molecule has 2 aromatic rings. The Bertz CT molecular complexity index is 699. The summed E-state index contributed by atoms with van der Waals surface area (Å²) in [4.78, 5) is 8.51. The number of fused-ring (bicyclic) bond motifs is 1. The molecular formula is C11H14N4O4Se. The van der Waals surface area contributed by atoms with Gasteiger partial charge in [0.15, 0.2) is 0 Å². The number of aryl methyl sites for hydroxylation is 1. The van der Waals surface area contributed by atoms with E-state index in [1.807, 2.05) is 7.05 Å². The number of nitrogens with zero attached hydrogens (tertiary/aromatic N) is 4. The molecule has 3 N–H and O–H groups in total. The van der Waals surface area contributed by atoms with E-state index >= 15 is 0 Å². The van der Waals surface area contributed by atoms with Crippen LogP contribution in [0.15, 0.2) is 12.7 Å². The standard InChI is InChI=1S/C11H14N4O4Se/c1-14-3-13-9-6(11(14)20)12-4-15(9)10-8(18)7(17)5(2-16)19-10/h3-5,7-8,10,16-18H,2H2,1H3/t5-,7-,8-,10-/m1/s1. The molecule has 4 atom stereocenters. The first-order chi connectivity index (χ1) is 9.54. The molecule has 1 aliphatic heterocycles. The van der Waals surface area contributed by atoms with Gasteiger partial charge in [-0.2, -0.15) is 0 Å². The van der Waals surface area contributed by atoms with Crippen molar-refractivity contribution < 1.29 is 20.1 Å². The number of imidazole rings is 1. The predicted molar refractivity (Wildman–Crippen MR) is 68.5 cm³/mol. The topological polar surface area (TPSA) is 106 Å². The van der Waals surface area contributed by atoms with Crippen molar-refractivity contribution in [2.24, 2.45) is 7.05 Å². The molecule has 1 saturated heterocycles. The van der Waals surface area contributed by atoms with Gasteiger partial charge in [-0.1, -0.05) is 0 Å². The zero-order valence-corrected chi connectivity index (χ0v) is 12.3. The van der Waals surface area contributed by atoms with Gasteiger partial charge in [-0.3, -0.25) is 0 Å². The van der Waals surface area contributed by atoms with Gasteiger partial charge in [0.2, 0.25) is 0 Å². The molecule has 0 radical (unpaired) electrons. The number of hydrogen-bond acceptors (Lipinski definition) is 6. The van der Waals surface area contributed by atoms with Gasteiger partial charge in [0.05, 0.1) is 0 Å². The summed E-state index contributed by atoms with van der Waals surface area (Å²) < 4.78 is 9.62. The van der Waals surface area contributed by atoms with Gasteiger partial charge in [0.25, 0.3) is 0 Å². The summed E-state index contributed by atoms with van der Waals surface area (Å²) in [5.41, 5.74) is 1.18. The first-order valence-electron chi connectivity index (χ1n) is 6.05. The van der Waals surface area contributed by atoms with Crippen molar-refractivity contribution in [2.45, 2.75) is 24.5 Å². The summed E-state index contributed by atoms with van der Waals surface area (Å²) in [7, 11) is 1.84. The van der Waals surface area contributed by atoms with E-state index in [1.165, 1.54) is 6.33 Å². The average molecular weight is 345 g/mol. The maximum absolute atomic E-state index is 10.0. The van der Waals surface area contributed by atoms with Crippen LogP contribution in [0.2, 0.25) is 0 Å². The Labute approximate surface area is 121 Å². The maximum atomic E-state index is 10.0. The van der Waals surface area contributed by atoms with Gasteiger partial charge >= 0.3 is 121 Å². The minimum absolute atomic E-state index is 0.365. The molecule has 0 bridgehead atoms. The monoisotopic (exact) mass is 346 g/mol. The van der Waals surface area contributed by atoms with Crippen LogP contribution in [0.3, 0.4) is 0 Å². The van der Waals surface area contributed by atoms with Crippen LogP contribution >= 0.6 is 0 Å². The van der Waals surface area contributed by atoms with E-state index in [9.17, 15) is 10.2 Å². The molecule has 2 aromatic heterocycles. The summed E-state index contributed by atoms with van der Waals surface area (Å²) in [6.45, 7) is -0.365. The summed E-state index contributed by atoms with van der Waals surface area (Å²) in [6.07, 6.45) is -0.821. The number of hydrogen-bond donors (Lipinski definition) is 3. The van der Waals surface area contributed by atoms with Gasteiger partial charge in [0.1, 0.15) is 0 Å².